The smallest absolute Gasteiger partial charge is 0.343 e. The largest absolute Gasteiger partial charge is 0.452 e. The number of nitrogens with zero attached hydrogens (tertiary/aromatic N) is 3. The van der Waals surface area contributed by atoms with Crippen molar-refractivity contribution in [2.75, 3.05) is 11.5 Å². The van der Waals surface area contributed by atoms with Crippen molar-refractivity contribution in [1.82, 2.24) is 9.55 Å². The zero-order valence-electron chi connectivity index (χ0n) is 17.5. The van der Waals surface area contributed by atoms with Crippen LogP contribution in [0.4, 0.5) is 11.4 Å². The van der Waals surface area contributed by atoms with Crippen LogP contribution in [-0.4, -0.2) is 28.0 Å². The third kappa shape index (κ3) is 3.59. The molecule has 3 heterocycles. The van der Waals surface area contributed by atoms with E-state index in [0.29, 0.717) is 16.4 Å². The highest BCUT2D eigenvalue weighted by atomic mass is 35.5. The summed E-state index contributed by atoms with van der Waals surface area (Å²) in [6, 6.07) is 12.7. The highest BCUT2D eigenvalue weighted by Gasteiger charge is 2.30. The molecule has 1 amide bonds. The molecule has 10 heteroatoms. The van der Waals surface area contributed by atoms with Gasteiger partial charge in [-0.3, -0.25) is 14.5 Å². The van der Waals surface area contributed by atoms with Gasteiger partial charge < -0.3 is 13.7 Å². The minimum absolute atomic E-state index is 0.0202. The molecule has 0 bridgehead atoms. The Morgan fingerprint density at radius 2 is 1.91 bits per heavy atom. The van der Waals surface area contributed by atoms with Crippen LogP contribution in [0.15, 0.2) is 67.8 Å². The van der Waals surface area contributed by atoms with Gasteiger partial charge in [-0.25, -0.2) is 9.78 Å². The Morgan fingerprint density at radius 3 is 2.73 bits per heavy atom. The Bertz CT molecular complexity index is 1510. The van der Waals surface area contributed by atoms with Crippen LogP contribution in [0.2, 0.25) is 5.02 Å². The average molecular weight is 482 g/mol. The van der Waals surface area contributed by atoms with E-state index in [1.54, 1.807) is 12.1 Å². The predicted molar refractivity (Wildman–Crippen MR) is 123 cm³/mol. The van der Waals surface area contributed by atoms with E-state index in [9.17, 15) is 14.4 Å². The lowest BCUT2D eigenvalue weighted by Gasteiger charge is -2.31. The zero-order valence-corrected chi connectivity index (χ0v) is 19.1. The van der Waals surface area contributed by atoms with Crippen LogP contribution in [0.5, 0.6) is 0 Å². The van der Waals surface area contributed by atoms with Crippen LogP contribution in [0.3, 0.4) is 0 Å². The van der Waals surface area contributed by atoms with Crippen molar-refractivity contribution in [1.29, 1.82) is 0 Å². The molecule has 0 unspecified atom stereocenters. The number of carbonyl (C=O) groups excluding carboxylic acids is 2. The van der Waals surface area contributed by atoms with Gasteiger partial charge in [-0.05, 0) is 37.3 Å². The van der Waals surface area contributed by atoms with Crippen LogP contribution in [-0.2, 0) is 16.6 Å². The van der Waals surface area contributed by atoms with Gasteiger partial charge in [0.1, 0.15) is 23.0 Å². The van der Waals surface area contributed by atoms with E-state index in [0.717, 1.165) is 9.79 Å². The van der Waals surface area contributed by atoms with Gasteiger partial charge in [0.25, 0.3) is 11.5 Å². The third-order valence-corrected chi connectivity index (χ3v) is 6.58. The number of halogens is 1. The van der Waals surface area contributed by atoms with Crippen molar-refractivity contribution >= 4 is 57.7 Å². The molecule has 0 fully saturated rings. The van der Waals surface area contributed by atoms with Crippen molar-refractivity contribution in [3.8, 4) is 0 Å². The van der Waals surface area contributed by atoms with Crippen molar-refractivity contribution < 1.29 is 18.7 Å². The summed E-state index contributed by atoms with van der Waals surface area (Å²) in [5.74, 6) is -1.11. The second kappa shape index (κ2) is 8.09. The van der Waals surface area contributed by atoms with E-state index in [-0.39, 0.29) is 22.4 Å². The van der Waals surface area contributed by atoms with Crippen LogP contribution >= 0.6 is 23.4 Å². The maximum Gasteiger partial charge on any atom is 0.343 e. The maximum atomic E-state index is 13.3. The molecule has 0 aliphatic carbocycles. The first-order valence-electron chi connectivity index (χ1n) is 9.86. The predicted octanol–water partition coefficient (Wildman–Crippen LogP) is 4.47. The molecular weight excluding hydrogens is 466 g/mol. The van der Waals surface area contributed by atoms with E-state index in [2.05, 4.69) is 4.98 Å². The summed E-state index contributed by atoms with van der Waals surface area (Å²) in [5, 5.41) is 0.499. The summed E-state index contributed by atoms with van der Waals surface area (Å²) in [5.41, 5.74) is 0.834. The molecule has 0 spiro atoms. The fourth-order valence-corrected chi connectivity index (χ4v) is 4.90. The Kier molecular flexibility index (Phi) is 5.22. The summed E-state index contributed by atoms with van der Waals surface area (Å²) < 4.78 is 12.0. The van der Waals surface area contributed by atoms with Crippen LogP contribution in [0.1, 0.15) is 16.1 Å². The van der Waals surface area contributed by atoms with E-state index >= 15 is 0 Å². The minimum Gasteiger partial charge on any atom is -0.452 e. The van der Waals surface area contributed by atoms with Gasteiger partial charge in [0, 0.05) is 21.9 Å². The number of carbonyl (C=O) groups is 2. The molecule has 0 radical (unpaired) electrons. The molecule has 4 aromatic rings. The fraction of sp³-hybridized carbons (Fsp3) is 0.130. The Labute approximate surface area is 196 Å². The maximum absolute atomic E-state index is 13.3. The van der Waals surface area contributed by atoms with Crippen molar-refractivity contribution in [2.24, 2.45) is 7.05 Å². The molecule has 1 aliphatic rings. The number of furan rings is 1. The van der Waals surface area contributed by atoms with Gasteiger partial charge in [0.15, 0.2) is 6.61 Å². The number of aryl methyl sites for hydroxylation is 2. The van der Waals surface area contributed by atoms with Gasteiger partial charge in [0.2, 0.25) is 5.71 Å². The molecular formula is C23H16ClN3O5S. The zero-order chi connectivity index (χ0) is 23.3. The fourth-order valence-electron chi connectivity index (χ4n) is 3.69. The number of anilines is 2. The molecule has 0 saturated carbocycles. The molecule has 1 aliphatic heterocycles. The number of benzene rings is 2. The van der Waals surface area contributed by atoms with Gasteiger partial charge in [-0.1, -0.05) is 35.5 Å². The van der Waals surface area contributed by atoms with E-state index < -0.39 is 24.0 Å². The lowest BCUT2D eigenvalue weighted by Crippen LogP contribution is -2.32. The lowest BCUT2D eigenvalue weighted by atomic mass is 10.2. The standard InChI is InChI=1S/C23H16ClN3O5S/c1-12-19(20-21(32-12)25-11-26(2)22(20)29)23(30)31-10-18(28)27-14-5-3-4-6-16(14)33-17-8-7-13(24)9-15(17)27/h3-9,11H,10H2,1-2H3. The molecule has 166 valence electrons. The highest BCUT2D eigenvalue weighted by molar-refractivity contribution is 7.99. The molecule has 0 saturated heterocycles. The Balaban J connectivity index is 1.46. The first-order chi connectivity index (χ1) is 15.8. The molecule has 0 atom stereocenters. The number of amides is 1. The third-order valence-electron chi connectivity index (χ3n) is 5.22. The SMILES string of the molecule is Cc1oc2ncn(C)c(=O)c2c1C(=O)OCC(=O)N1c2ccccc2Sc2ccc(Cl)cc21. The second-order valence-electron chi connectivity index (χ2n) is 7.36. The number of fused-ring (bicyclic) bond motifs is 3. The van der Waals surface area contributed by atoms with Gasteiger partial charge in [0.05, 0.1) is 11.4 Å². The highest BCUT2D eigenvalue weighted by Crippen LogP contribution is 2.48. The number of esters is 1. The topological polar surface area (TPSA) is 94.6 Å². The molecule has 5 rings (SSSR count). The monoisotopic (exact) mass is 481 g/mol. The van der Waals surface area contributed by atoms with Crippen LogP contribution < -0.4 is 10.5 Å². The number of para-hydroxylation sites is 1. The second-order valence-corrected chi connectivity index (χ2v) is 8.88. The summed E-state index contributed by atoms with van der Waals surface area (Å²) in [4.78, 5) is 45.9. The van der Waals surface area contributed by atoms with Crippen molar-refractivity contribution in [2.45, 2.75) is 16.7 Å². The Morgan fingerprint density at radius 1 is 1.15 bits per heavy atom. The molecule has 2 aromatic carbocycles. The number of ether oxygens (including phenoxy) is 1. The van der Waals surface area contributed by atoms with E-state index in [1.807, 2.05) is 30.3 Å². The van der Waals surface area contributed by atoms with E-state index in [4.69, 9.17) is 20.8 Å². The van der Waals surface area contributed by atoms with Crippen LogP contribution in [0.25, 0.3) is 11.1 Å². The summed E-state index contributed by atoms with van der Waals surface area (Å²) in [6.07, 6.45) is 1.31. The molecule has 2 aromatic heterocycles. The Hall–Kier alpha value is -3.56. The number of rotatable bonds is 3. The van der Waals surface area contributed by atoms with Crippen molar-refractivity contribution in [3.05, 3.63) is 75.5 Å². The number of hydrogen-bond acceptors (Lipinski definition) is 7. The lowest BCUT2D eigenvalue weighted by molar-refractivity contribution is -0.121. The summed E-state index contributed by atoms with van der Waals surface area (Å²) in [7, 11) is 1.52. The molecule has 0 N–H and O–H groups in total. The first kappa shape index (κ1) is 21.3. The first-order valence-corrected chi connectivity index (χ1v) is 11.1. The van der Waals surface area contributed by atoms with Gasteiger partial charge >= 0.3 is 5.97 Å². The van der Waals surface area contributed by atoms with Crippen molar-refractivity contribution in [3.63, 3.8) is 0 Å². The minimum atomic E-state index is -0.837. The van der Waals surface area contributed by atoms with Gasteiger partial charge in [-0.15, -0.1) is 0 Å². The summed E-state index contributed by atoms with van der Waals surface area (Å²) >= 11 is 7.71. The summed E-state index contributed by atoms with van der Waals surface area (Å²) in [6.45, 7) is 0.992. The van der Waals surface area contributed by atoms with E-state index in [1.165, 1.54) is 41.5 Å². The molecule has 8 nitrogen and oxygen atoms in total. The quantitative estimate of drug-likeness (QED) is 0.398. The average Bonchev–Trinajstić information content (AvgIpc) is 3.15. The normalized spacial score (nSPS) is 12.4. The van der Waals surface area contributed by atoms with Crippen LogP contribution in [0, 0.1) is 6.92 Å². The number of aromatic nitrogens is 2. The number of hydrogen-bond donors (Lipinski definition) is 0. The molecule has 33 heavy (non-hydrogen) atoms. The van der Waals surface area contributed by atoms with Gasteiger partial charge in [-0.2, -0.15) is 0 Å².